The van der Waals surface area contributed by atoms with E-state index >= 15 is 0 Å². The molecule has 0 spiro atoms. The van der Waals surface area contributed by atoms with E-state index in [4.69, 9.17) is 4.74 Å². The number of carbonyl (C=O) groups is 2. The Hall–Kier alpha value is -2.24. The number of nitriles is 1. The minimum Gasteiger partial charge on any atom is -0.462 e. The molecule has 6 nitrogen and oxygen atoms in total. The van der Waals surface area contributed by atoms with E-state index in [0.717, 1.165) is 11.3 Å². The van der Waals surface area contributed by atoms with Gasteiger partial charge in [0.05, 0.1) is 17.7 Å². The molecule has 2 aromatic heterocycles. The van der Waals surface area contributed by atoms with E-state index in [1.807, 2.05) is 6.07 Å². The molecule has 0 unspecified atom stereocenters. The van der Waals surface area contributed by atoms with Gasteiger partial charge >= 0.3 is 5.97 Å². The molecule has 0 saturated heterocycles. The van der Waals surface area contributed by atoms with Crippen LogP contribution in [0.2, 0.25) is 0 Å². The van der Waals surface area contributed by atoms with Crippen LogP contribution in [0.4, 0.5) is 5.00 Å². The van der Waals surface area contributed by atoms with Gasteiger partial charge in [-0.2, -0.15) is 5.26 Å². The van der Waals surface area contributed by atoms with Gasteiger partial charge in [0.25, 0.3) is 5.91 Å². The molecule has 0 fully saturated rings. The second-order valence-electron chi connectivity index (χ2n) is 3.92. The van der Waals surface area contributed by atoms with Crippen LogP contribution in [-0.2, 0) is 4.74 Å². The van der Waals surface area contributed by atoms with Crippen LogP contribution in [-0.4, -0.2) is 23.5 Å². The summed E-state index contributed by atoms with van der Waals surface area (Å²) < 4.78 is 4.94. The average molecular weight is 321 g/mol. The van der Waals surface area contributed by atoms with Gasteiger partial charge in [-0.3, -0.25) is 4.79 Å². The predicted molar refractivity (Wildman–Crippen MR) is 79.8 cm³/mol. The maximum absolute atomic E-state index is 12.0. The first-order chi connectivity index (χ1) is 10.1. The van der Waals surface area contributed by atoms with E-state index in [0.29, 0.717) is 15.4 Å². The molecule has 0 atom stereocenters. The maximum Gasteiger partial charge on any atom is 0.348 e. The maximum atomic E-state index is 12.0. The molecular formula is C13H11N3O3S2. The smallest absolute Gasteiger partial charge is 0.348 e. The highest BCUT2D eigenvalue weighted by atomic mass is 32.1. The lowest BCUT2D eigenvalue weighted by Crippen LogP contribution is -2.11. The van der Waals surface area contributed by atoms with E-state index in [1.54, 1.807) is 24.7 Å². The highest BCUT2D eigenvalue weighted by Gasteiger charge is 2.22. The van der Waals surface area contributed by atoms with E-state index in [2.05, 4.69) is 10.3 Å². The zero-order valence-electron chi connectivity index (χ0n) is 11.3. The molecule has 0 radical (unpaired) electrons. The predicted octanol–water partition coefficient (Wildman–Crippen LogP) is 2.81. The van der Waals surface area contributed by atoms with Gasteiger partial charge in [-0.25, -0.2) is 9.78 Å². The van der Waals surface area contributed by atoms with Gasteiger partial charge in [0, 0.05) is 5.38 Å². The number of esters is 1. The third kappa shape index (κ3) is 3.09. The molecule has 2 heterocycles. The zero-order chi connectivity index (χ0) is 15.4. The van der Waals surface area contributed by atoms with Crippen molar-refractivity contribution in [2.75, 3.05) is 11.9 Å². The second-order valence-corrected chi connectivity index (χ2v) is 5.66. The first kappa shape index (κ1) is 15.2. The summed E-state index contributed by atoms with van der Waals surface area (Å²) in [6.45, 7) is 3.61. The Kier molecular flexibility index (Phi) is 4.67. The van der Waals surface area contributed by atoms with Gasteiger partial charge in [-0.05, 0) is 19.4 Å². The molecule has 0 aromatic carbocycles. The molecule has 0 aliphatic heterocycles. The van der Waals surface area contributed by atoms with Crippen molar-refractivity contribution >= 4 is 39.6 Å². The van der Waals surface area contributed by atoms with E-state index < -0.39 is 11.9 Å². The molecule has 1 N–H and O–H groups in total. The van der Waals surface area contributed by atoms with Crippen molar-refractivity contribution in [3.63, 3.8) is 0 Å². The van der Waals surface area contributed by atoms with Crippen LogP contribution in [0.25, 0.3) is 0 Å². The molecule has 108 valence electrons. The number of thiophene rings is 1. The fourth-order valence-corrected chi connectivity index (χ4v) is 3.20. The van der Waals surface area contributed by atoms with Crippen LogP contribution in [0.5, 0.6) is 0 Å². The lowest BCUT2D eigenvalue weighted by atomic mass is 10.2. The SMILES string of the molecule is CCOC(=O)c1sc(NC(=O)c2cscn2)c(C#N)c1C. The molecule has 0 aliphatic rings. The van der Waals surface area contributed by atoms with Crippen molar-refractivity contribution in [1.29, 1.82) is 5.26 Å². The number of ether oxygens (including phenoxy) is 1. The molecular weight excluding hydrogens is 310 g/mol. The van der Waals surface area contributed by atoms with E-state index in [-0.39, 0.29) is 17.9 Å². The lowest BCUT2D eigenvalue weighted by molar-refractivity contribution is 0.0531. The number of carbonyl (C=O) groups excluding carboxylic acids is 2. The quantitative estimate of drug-likeness (QED) is 0.874. The molecule has 2 rings (SSSR count). The van der Waals surface area contributed by atoms with E-state index in [1.165, 1.54) is 11.3 Å². The number of amides is 1. The number of anilines is 1. The number of thiazole rings is 1. The Morgan fingerprint density at radius 3 is 2.86 bits per heavy atom. The fourth-order valence-electron chi connectivity index (χ4n) is 1.62. The van der Waals surface area contributed by atoms with Gasteiger partial charge in [0.15, 0.2) is 0 Å². The van der Waals surface area contributed by atoms with Crippen LogP contribution in [0.3, 0.4) is 0 Å². The second kappa shape index (κ2) is 6.47. The Morgan fingerprint density at radius 1 is 1.52 bits per heavy atom. The molecule has 0 saturated carbocycles. The van der Waals surface area contributed by atoms with Gasteiger partial charge in [0.1, 0.15) is 21.6 Å². The molecule has 21 heavy (non-hydrogen) atoms. The molecule has 2 aromatic rings. The number of hydrogen-bond acceptors (Lipinski definition) is 7. The molecule has 8 heteroatoms. The Morgan fingerprint density at radius 2 is 2.29 bits per heavy atom. The zero-order valence-corrected chi connectivity index (χ0v) is 12.9. The van der Waals surface area contributed by atoms with Crippen LogP contribution in [0, 0.1) is 18.3 Å². The molecule has 0 bridgehead atoms. The minimum atomic E-state index is -0.495. The fraction of sp³-hybridized carbons (Fsp3) is 0.231. The van der Waals surface area contributed by atoms with Crippen molar-refractivity contribution in [3.05, 3.63) is 32.6 Å². The summed E-state index contributed by atoms with van der Waals surface area (Å²) in [6, 6.07) is 2.00. The van der Waals surface area contributed by atoms with Crippen LogP contribution < -0.4 is 5.32 Å². The summed E-state index contributed by atoms with van der Waals surface area (Å²) in [5, 5.41) is 13.8. The Labute approximate surface area is 129 Å². The number of nitrogens with zero attached hydrogens (tertiary/aromatic N) is 2. The van der Waals surface area contributed by atoms with Crippen molar-refractivity contribution in [2.24, 2.45) is 0 Å². The number of nitrogens with one attached hydrogen (secondary N) is 1. The highest BCUT2D eigenvalue weighted by Crippen LogP contribution is 2.33. The normalized spacial score (nSPS) is 9.95. The van der Waals surface area contributed by atoms with Crippen LogP contribution >= 0.6 is 22.7 Å². The monoisotopic (exact) mass is 321 g/mol. The van der Waals surface area contributed by atoms with Crippen molar-refractivity contribution in [2.45, 2.75) is 13.8 Å². The number of aromatic nitrogens is 1. The third-order valence-corrected chi connectivity index (χ3v) is 4.39. The van der Waals surface area contributed by atoms with Crippen molar-refractivity contribution in [3.8, 4) is 6.07 Å². The van der Waals surface area contributed by atoms with Crippen LogP contribution in [0.15, 0.2) is 10.9 Å². The van der Waals surface area contributed by atoms with Crippen LogP contribution in [0.1, 0.15) is 38.2 Å². The summed E-state index contributed by atoms with van der Waals surface area (Å²) >= 11 is 2.33. The summed E-state index contributed by atoms with van der Waals surface area (Å²) in [5.41, 5.74) is 2.60. The largest absolute Gasteiger partial charge is 0.462 e. The summed E-state index contributed by atoms with van der Waals surface area (Å²) in [4.78, 5) is 28.0. The topological polar surface area (TPSA) is 92.1 Å². The summed E-state index contributed by atoms with van der Waals surface area (Å²) in [6.07, 6.45) is 0. The number of rotatable bonds is 4. The third-order valence-electron chi connectivity index (χ3n) is 2.61. The molecule has 0 aliphatic carbocycles. The van der Waals surface area contributed by atoms with E-state index in [9.17, 15) is 14.9 Å². The van der Waals surface area contributed by atoms with Crippen molar-refractivity contribution in [1.82, 2.24) is 4.98 Å². The van der Waals surface area contributed by atoms with Gasteiger partial charge < -0.3 is 10.1 Å². The van der Waals surface area contributed by atoms with Gasteiger partial charge in [-0.1, -0.05) is 0 Å². The minimum absolute atomic E-state index is 0.249. The standard InChI is InChI=1S/C13H11N3O3S2/c1-3-19-13(18)10-7(2)8(4-14)12(21-10)16-11(17)9-5-20-6-15-9/h5-6H,3H2,1-2H3,(H,16,17). The first-order valence-electron chi connectivity index (χ1n) is 5.98. The first-order valence-corrected chi connectivity index (χ1v) is 7.74. The van der Waals surface area contributed by atoms with Crippen molar-refractivity contribution < 1.29 is 14.3 Å². The molecule has 1 amide bonds. The van der Waals surface area contributed by atoms with Gasteiger partial charge in [0.2, 0.25) is 0 Å². The Bertz CT molecular complexity index is 714. The highest BCUT2D eigenvalue weighted by molar-refractivity contribution is 7.18. The summed E-state index contributed by atoms with van der Waals surface area (Å²) in [7, 11) is 0. The lowest BCUT2D eigenvalue weighted by Gasteiger charge is -1.99. The Balaban J connectivity index is 2.32. The van der Waals surface area contributed by atoms with Gasteiger partial charge in [-0.15, -0.1) is 22.7 Å². The summed E-state index contributed by atoms with van der Waals surface area (Å²) in [5.74, 6) is -0.907. The number of hydrogen-bond donors (Lipinski definition) is 1. The average Bonchev–Trinajstić information content (AvgIpc) is 3.07.